The lowest BCUT2D eigenvalue weighted by molar-refractivity contribution is -0.138. The Labute approximate surface area is 118 Å². The van der Waals surface area contributed by atoms with E-state index in [4.69, 9.17) is 11.6 Å². The molecule has 0 aliphatic heterocycles. The fourth-order valence-electron chi connectivity index (χ4n) is 2.43. The zero-order chi connectivity index (χ0) is 14.4. The van der Waals surface area contributed by atoms with Crippen LogP contribution < -0.4 is 5.56 Å². The molecule has 3 rings (SSSR count). The summed E-state index contributed by atoms with van der Waals surface area (Å²) in [6.07, 6.45) is 1.67. The number of H-pyrrole nitrogens is 2. The predicted molar refractivity (Wildman–Crippen MR) is 77.5 cm³/mol. The lowest BCUT2D eigenvalue weighted by Gasteiger charge is -2.08. The number of rotatable bonds is 2. The second-order valence-electron chi connectivity index (χ2n) is 4.70. The molecule has 2 heterocycles. The van der Waals surface area contributed by atoms with Crippen LogP contribution in [0.25, 0.3) is 21.8 Å². The summed E-state index contributed by atoms with van der Waals surface area (Å²) in [5.41, 5.74) is 1.74. The molecule has 1 aromatic carbocycles. The molecule has 20 heavy (non-hydrogen) atoms. The van der Waals surface area contributed by atoms with Gasteiger partial charge in [0.1, 0.15) is 0 Å². The van der Waals surface area contributed by atoms with Crippen molar-refractivity contribution in [3.05, 3.63) is 45.3 Å². The Hall–Kier alpha value is -2.27. The highest BCUT2D eigenvalue weighted by Gasteiger charge is 2.20. The van der Waals surface area contributed by atoms with E-state index < -0.39 is 11.9 Å². The summed E-state index contributed by atoms with van der Waals surface area (Å²) in [6.45, 7) is 1.61. The van der Waals surface area contributed by atoms with Gasteiger partial charge in [-0.3, -0.25) is 9.59 Å². The number of pyridine rings is 1. The standard InChI is InChI=1S/C14H11ClN2O3/c1-6(14(19)20)7-5-16-9-2-3-10-13(12(7)9)8(15)4-11(18)17-10/h2-6,16H,1H3,(H,17,18)(H,19,20). The summed E-state index contributed by atoms with van der Waals surface area (Å²) in [5, 5.41) is 10.9. The van der Waals surface area contributed by atoms with E-state index >= 15 is 0 Å². The first-order valence-electron chi connectivity index (χ1n) is 6.04. The molecule has 0 aliphatic rings. The molecule has 1 atom stereocenters. The van der Waals surface area contributed by atoms with E-state index in [1.54, 1.807) is 25.3 Å². The zero-order valence-electron chi connectivity index (χ0n) is 10.5. The summed E-state index contributed by atoms with van der Waals surface area (Å²) in [4.78, 5) is 28.4. The van der Waals surface area contributed by atoms with Crippen LogP contribution in [0.5, 0.6) is 0 Å². The minimum Gasteiger partial charge on any atom is -0.481 e. The molecule has 0 aliphatic carbocycles. The molecule has 5 nitrogen and oxygen atoms in total. The van der Waals surface area contributed by atoms with Crippen LogP contribution in [0.15, 0.2) is 29.2 Å². The quantitative estimate of drug-likeness (QED) is 0.678. The third kappa shape index (κ3) is 1.78. The molecular weight excluding hydrogens is 280 g/mol. The topological polar surface area (TPSA) is 85.9 Å². The maximum Gasteiger partial charge on any atom is 0.310 e. The van der Waals surface area contributed by atoms with Crippen molar-refractivity contribution in [2.75, 3.05) is 0 Å². The van der Waals surface area contributed by atoms with Crippen molar-refractivity contribution in [2.24, 2.45) is 0 Å². The number of hydrogen-bond acceptors (Lipinski definition) is 2. The van der Waals surface area contributed by atoms with Gasteiger partial charge in [-0.05, 0) is 24.6 Å². The van der Waals surface area contributed by atoms with Gasteiger partial charge in [0, 0.05) is 28.6 Å². The first-order valence-corrected chi connectivity index (χ1v) is 6.42. The second-order valence-corrected chi connectivity index (χ2v) is 5.10. The van der Waals surface area contributed by atoms with Crippen LogP contribution in [0.2, 0.25) is 5.02 Å². The van der Waals surface area contributed by atoms with Gasteiger partial charge in [0.25, 0.3) is 0 Å². The zero-order valence-corrected chi connectivity index (χ0v) is 11.3. The molecule has 0 bridgehead atoms. The lowest BCUT2D eigenvalue weighted by atomic mass is 9.98. The number of aromatic nitrogens is 2. The first-order chi connectivity index (χ1) is 9.49. The molecule has 0 fully saturated rings. The highest BCUT2D eigenvalue weighted by molar-refractivity contribution is 6.37. The molecule has 0 amide bonds. The van der Waals surface area contributed by atoms with E-state index in [1.165, 1.54) is 6.07 Å². The van der Waals surface area contributed by atoms with Crippen LogP contribution >= 0.6 is 11.6 Å². The molecule has 0 spiro atoms. The Kier molecular flexibility index (Phi) is 2.79. The first kappa shape index (κ1) is 12.7. The van der Waals surface area contributed by atoms with Crippen molar-refractivity contribution in [2.45, 2.75) is 12.8 Å². The largest absolute Gasteiger partial charge is 0.481 e. The maximum absolute atomic E-state index is 11.5. The van der Waals surface area contributed by atoms with E-state index in [9.17, 15) is 14.7 Å². The van der Waals surface area contributed by atoms with Gasteiger partial charge in [-0.25, -0.2) is 0 Å². The Morgan fingerprint density at radius 1 is 1.30 bits per heavy atom. The average Bonchev–Trinajstić information content (AvgIpc) is 2.80. The Morgan fingerprint density at radius 3 is 2.70 bits per heavy atom. The van der Waals surface area contributed by atoms with Crippen LogP contribution in [-0.2, 0) is 4.79 Å². The third-order valence-electron chi connectivity index (χ3n) is 3.47. The molecule has 6 heteroatoms. The van der Waals surface area contributed by atoms with Gasteiger partial charge in [0.2, 0.25) is 5.56 Å². The Balaban J connectivity index is 2.49. The van der Waals surface area contributed by atoms with E-state index in [2.05, 4.69) is 9.97 Å². The second kappa shape index (κ2) is 4.38. The van der Waals surface area contributed by atoms with Gasteiger partial charge in [0.05, 0.1) is 16.5 Å². The summed E-state index contributed by atoms with van der Waals surface area (Å²) in [5.74, 6) is -1.58. The number of aromatic amines is 2. The highest BCUT2D eigenvalue weighted by atomic mass is 35.5. The van der Waals surface area contributed by atoms with E-state index in [1.807, 2.05) is 0 Å². The highest BCUT2D eigenvalue weighted by Crippen LogP contribution is 2.34. The smallest absolute Gasteiger partial charge is 0.310 e. The number of hydrogen-bond donors (Lipinski definition) is 3. The van der Waals surface area contributed by atoms with Crippen LogP contribution in [0, 0.1) is 0 Å². The van der Waals surface area contributed by atoms with E-state index in [-0.39, 0.29) is 5.56 Å². The number of fused-ring (bicyclic) bond motifs is 3. The normalized spacial score (nSPS) is 12.9. The molecule has 0 saturated heterocycles. The molecule has 0 radical (unpaired) electrons. The van der Waals surface area contributed by atoms with Crippen LogP contribution in [0.4, 0.5) is 0 Å². The lowest BCUT2D eigenvalue weighted by Crippen LogP contribution is -2.07. The van der Waals surface area contributed by atoms with Crippen LogP contribution in [0.1, 0.15) is 18.4 Å². The van der Waals surface area contributed by atoms with Crippen molar-refractivity contribution in [3.8, 4) is 0 Å². The molecule has 2 aromatic heterocycles. The van der Waals surface area contributed by atoms with Gasteiger partial charge in [-0.1, -0.05) is 11.6 Å². The van der Waals surface area contributed by atoms with Gasteiger partial charge < -0.3 is 15.1 Å². The fourth-order valence-corrected chi connectivity index (χ4v) is 2.73. The van der Waals surface area contributed by atoms with Gasteiger partial charge in [-0.2, -0.15) is 0 Å². The number of halogens is 1. The molecule has 3 aromatic rings. The van der Waals surface area contributed by atoms with Gasteiger partial charge in [0.15, 0.2) is 0 Å². The van der Waals surface area contributed by atoms with Crippen LogP contribution in [-0.4, -0.2) is 21.0 Å². The number of carboxylic acids is 1. The monoisotopic (exact) mass is 290 g/mol. The maximum atomic E-state index is 11.5. The number of aliphatic carboxylic acids is 1. The summed E-state index contributed by atoms with van der Waals surface area (Å²) < 4.78 is 0. The van der Waals surface area contributed by atoms with Crippen molar-refractivity contribution in [3.63, 3.8) is 0 Å². The van der Waals surface area contributed by atoms with Crippen molar-refractivity contribution in [1.82, 2.24) is 9.97 Å². The van der Waals surface area contributed by atoms with Crippen molar-refractivity contribution in [1.29, 1.82) is 0 Å². The Bertz CT molecular complexity index is 894. The van der Waals surface area contributed by atoms with Crippen molar-refractivity contribution >= 4 is 39.4 Å². The molecule has 1 unspecified atom stereocenters. The van der Waals surface area contributed by atoms with E-state index in [0.29, 0.717) is 21.5 Å². The van der Waals surface area contributed by atoms with Crippen LogP contribution in [0.3, 0.4) is 0 Å². The number of carbonyl (C=O) groups is 1. The molecule has 102 valence electrons. The average molecular weight is 291 g/mol. The Morgan fingerprint density at radius 2 is 2.00 bits per heavy atom. The number of benzene rings is 1. The molecular formula is C14H11ClN2O3. The molecule has 0 saturated carbocycles. The summed E-state index contributed by atoms with van der Waals surface area (Å²) in [7, 11) is 0. The molecule has 3 N–H and O–H groups in total. The summed E-state index contributed by atoms with van der Waals surface area (Å²) >= 11 is 6.17. The van der Waals surface area contributed by atoms with E-state index in [0.717, 1.165) is 10.9 Å². The summed E-state index contributed by atoms with van der Waals surface area (Å²) in [6, 6.07) is 4.84. The fraction of sp³-hybridized carbons (Fsp3) is 0.143. The number of carboxylic acid groups (broad SMARTS) is 1. The van der Waals surface area contributed by atoms with Gasteiger partial charge >= 0.3 is 5.97 Å². The minimum atomic E-state index is -0.913. The third-order valence-corrected chi connectivity index (χ3v) is 3.77. The SMILES string of the molecule is CC(C(=O)O)c1c[nH]c2ccc3[nH]c(=O)cc(Cl)c3c12. The minimum absolute atomic E-state index is 0.287. The van der Waals surface area contributed by atoms with Crippen molar-refractivity contribution < 1.29 is 9.90 Å². The predicted octanol–water partition coefficient (Wildman–Crippen LogP) is 2.85. The number of nitrogens with one attached hydrogen (secondary N) is 2. The van der Waals surface area contributed by atoms with Gasteiger partial charge in [-0.15, -0.1) is 0 Å².